The van der Waals surface area contributed by atoms with E-state index in [2.05, 4.69) is 20.5 Å². The van der Waals surface area contributed by atoms with Crippen LogP contribution in [0.15, 0.2) is 6.07 Å². The molecule has 0 atom stereocenters. The summed E-state index contributed by atoms with van der Waals surface area (Å²) in [4.78, 5) is 22.8. The van der Waals surface area contributed by atoms with Gasteiger partial charge in [-0.3, -0.25) is 9.69 Å². The lowest BCUT2D eigenvalue weighted by Gasteiger charge is -2.26. The second-order valence-corrected chi connectivity index (χ2v) is 7.56. The molecule has 2 aromatic heterocycles. The molecule has 22 heavy (non-hydrogen) atoms. The van der Waals surface area contributed by atoms with Crippen LogP contribution in [0.5, 0.6) is 0 Å². The number of nitrogens with zero attached hydrogens (tertiary/aromatic N) is 3. The molecular formula is C14H21N5OS2. The first-order valence-corrected chi connectivity index (χ1v) is 9.06. The van der Waals surface area contributed by atoms with Crippen molar-refractivity contribution in [3.05, 3.63) is 10.9 Å². The Kier molecular flexibility index (Phi) is 4.92. The summed E-state index contributed by atoms with van der Waals surface area (Å²) in [6.45, 7) is 5.80. The lowest BCUT2D eigenvalue weighted by atomic mass is 10.3. The molecule has 8 heteroatoms. The number of thiophene rings is 1. The highest BCUT2D eigenvalue weighted by Gasteiger charge is 2.15. The number of aromatic nitrogens is 1. The third-order valence-corrected chi connectivity index (χ3v) is 5.93. The van der Waals surface area contributed by atoms with Gasteiger partial charge in [0, 0.05) is 53.4 Å². The molecule has 120 valence electrons. The van der Waals surface area contributed by atoms with Gasteiger partial charge in [-0.2, -0.15) is 0 Å². The van der Waals surface area contributed by atoms with E-state index >= 15 is 0 Å². The molecule has 2 N–H and O–H groups in total. The maximum Gasteiger partial charge on any atom is 0.261 e. The average molecular weight is 339 g/mol. The zero-order chi connectivity index (χ0) is 15.5. The van der Waals surface area contributed by atoms with Crippen molar-refractivity contribution in [1.29, 1.82) is 0 Å². The molecule has 3 heterocycles. The minimum Gasteiger partial charge on any atom is -0.354 e. The fraction of sp³-hybridized carbons (Fsp3) is 0.571. The largest absolute Gasteiger partial charge is 0.354 e. The molecule has 0 aliphatic carbocycles. The fourth-order valence-corrected chi connectivity index (χ4v) is 4.43. The first-order valence-electron chi connectivity index (χ1n) is 7.42. The highest BCUT2D eigenvalue weighted by Crippen LogP contribution is 2.33. The summed E-state index contributed by atoms with van der Waals surface area (Å²) < 4.78 is 1.08. The van der Waals surface area contributed by atoms with Gasteiger partial charge in [-0.05, 0) is 6.07 Å². The van der Waals surface area contributed by atoms with Crippen LogP contribution in [0.4, 0.5) is 5.13 Å². The summed E-state index contributed by atoms with van der Waals surface area (Å²) >= 11 is 3.09. The summed E-state index contributed by atoms with van der Waals surface area (Å²) in [6.07, 6.45) is 0. The zero-order valence-corrected chi connectivity index (χ0v) is 14.5. The number of carbonyl (C=O) groups excluding carboxylic acids is 1. The van der Waals surface area contributed by atoms with Crippen LogP contribution in [0.1, 0.15) is 9.67 Å². The molecule has 1 aliphatic rings. The highest BCUT2D eigenvalue weighted by atomic mass is 32.1. The van der Waals surface area contributed by atoms with Crippen LogP contribution in [0.25, 0.3) is 9.53 Å². The van der Waals surface area contributed by atoms with Gasteiger partial charge < -0.3 is 15.5 Å². The third-order valence-electron chi connectivity index (χ3n) is 3.61. The SMILES string of the molecule is CN(C)c1nc2sc(C(=O)NCCN3CCNCC3)cc2s1. The number of nitrogens with one attached hydrogen (secondary N) is 2. The maximum absolute atomic E-state index is 12.2. The highest BCUT2D eigenvalue weighted by molar-refractivity contribution is 7.29. The van der Waals surface area contributed by atoms with Gasteiger partial charge in [0.2, 0.25) is 0 Å². The predicted molar refractivity (Wildman–Crippen MR) is 93.5 cm³/mol. The van der Waals surface area contributed by atoms with Crippen LogP contribution in [0, 0.1) is 0 Å². The van der Waals surface area contributed by atoms with E-state index in [4.69, 9.17) is 0 Å². The fourth-order valence-electron chi connectivity index (χ4n) is 2.38. The van der Waals surface area contributed by atoms with Crippen molar-refractivity contribution in [2.75, 3.05) is 58.3 Å². The summed E-state index contributed by atoms with van der Waals surface area (Å²) in [7, 11) is 3.96. The van der Waals surface area contributed by atoms with E-state index in [1.165, 1.54) is 11.3 Å². The van der Waals surface area contributed by atoms with Gasteiger partial charge in [0.25, 0.3) is 5.91 Å². The van der Waals surface area contributed by atoms with Crippen molar-refractivity contribution < 1.29 is 4.79 Å². The van der Waals surface area contributed by atoms with Gasteiger partial charge in [0.05, 0.1) is 9.58 Å². The van der Waals surface area contributed by atoms with Crippen molar-refractivity contribution in [2.24, 2.45) is 0 Å². The van der Waals surface area contributed by atoms with Crippen molar-refractivity contribution >= 4 is 43.2 Å². The Balaban J connectivity index is 1.54. The Bertz CT molecular complexity index is 613. The molecule has 0 bridgehead atoms. The Morgan fingerprint density at radius 1 is 1.41 bits per heavy atom. The maximum atomic E-state index is 12.2. The molecule has 6 nitrogen and oxygen atoms in total. The summed E-state index contributed by atoms with van der Waals surface area (Å²) in [6, 6.07) is 1.95. The number of thiazole rings is 1. The van der Waals surface area contributed by atoms with Crippen molar-refractivity contribution in [2.45, 2.75) is 0 Å². The van der Waals surface area contributed by atoms with Crippen LogP contribution in [0.3, 0.4) is 0 Å². The van der Waals surface area contributed by atoms with Gasteiger partial charge in [-0.25, -0.2) is 4.98 Å². The smallest absolute Gasteiger partial charge is 0.261 e. The minimum absolute atomic E-state index is 0.0109. The minimum atomic E-state index is 0.0109. The quantitative estimate of drug-likeness (QED) is 0.853. The molecule has 1 saturated heterocycles. The molecule has 1 fully saturated rings. The molecule has 1 aliphatic heterocycles. The van der Waals surface area contributed by atoms with Gasteiger partial charge in [0.15, 0.2) is 5.13 Å². The number of fused-ring (bicyclic) bond motifs is 1. The van der Waals surface area contributed by atoms with Gasteiger partial charge in [0.1, 0.15) is 4.83 Å². The van der Waals surface area contributed by atoms with Gasteiger partial charge in [-0.15, -0.1) is 11.3 Å². The molecular weight excluding hydrogens is 318 g/mol. The van der Waals surface area contributed by atoms with E-state index in [-0.39, 0.29) is 5.91 Å². The van der Waals surface area contributed by atoms with E-state index in [0.29, 0.717) is 6.54 Å². The van der Waals surface area contributed by atoms with Crippen LogP contribution in [-0.4, -0.2) is 69.2 Å². The average Bonchev–Trinajstić information content (AvgIpc) is 3.06. The summed E-state index contributed by atoms with van der Waals surface area (Å²) in [5, 5.41) is 7.32. The Hall–Kier alpha value is -1.22. The second kappa shape index (κ2) is 6.91. The van der Waals surface area contributed by atoms with E-state index in [1.54, 1.807) is 11.3 Å². The number of hydrogen-bond donors (Lipinski definition) is 2. The number of anilines is 1. The molecule has 3 rings (SSSR count). The van der Waals surface area contributed by atoms with Crippen molar-refractivity contribution in [3.8, 4) is 0 Å². The molecule has 0 radical (unpaired) electrons. The standard InChI is InChI=1S/C14H21N5OS2/c1-18(2)14-17-13-11(22-14)9-10(21-13)12(20)16-5-8-19-6-3-15-4-7-19/h9,15H,3-8H2,1-2H3,(H,16,20). The second-order valence-electron chi connectivity index (χ2n) is 5.52. The molecule has 0 spiro atoms. The molecule has 1 amide bonds. The van der Waals surface area contributed by atoms with E-state index in [9.17, 15) is 4.79 Å². The number of amides is 1. The molecule has 0 saturated carbocycles. The summed E-state index contributed by atoms with van der Waals surface area (Å²) in [5.74, 6) is 0.0109. The van der Waals surface area contributed by atoms with Crippen molar-refractivity contribution in [3.63, 3.8) is 0 Å². The molecule has 2 aromatic rings. The topological polar surface area (TPSA) is 60.5 Å². The number of rotatable bonds is 5. The van der Waals surface area contributed by atoms with Crippen LogP contribution < -0.4 is 15.5 Å². The lowest BCUT2D eigenvalue weighted by molar-refractivity contribution is 0.0951. The molecule has 0 unspecified atom stereocenters. The first kappa shape index (κ1) is 15.7. The van der Waals surface area contributed by atoms with Gasteiger partial charge in [-0.1, -0.05) is 11.3 Å². The normalized spacial score (nSPS) is 16.1. The predicted octanol–water partition coefficient (Wildman–Crippen LogP) is 1.06. The van der Waals surface area contributed by atoms with E-state index in [0.717, 1.165) is 52.3 Å². The van der Waals surface area contributed by atoms with Gasteiger partial charge >= 0.3 is 0 Å². The van der Waals surface area contributed by atoms with Crippen LogP contribution in [0.2, 0.25) is 0 Å². The first-order chi connectivity index (χ1) is 10.6. The van der Waals surface area contributed by atoms with E-state index < -0.39 is 0 Å². The number of hydrogen-bond acceptors (Lipinski definition) is 7. The van der Waals surface area contributed by atoms with Crippen molar-refractivity contribution in [1.82, 2.24) is 20.5 Å². The van der Waals surface area contributed by atoms with Crippen LogP contribution in [-0.2, 0) is 0 Å². The third kappa shape index (κ3) is 3.57. The Labute approximate surface area is 138 Å². The number of piperazine rings is 1. The Morgan fingerprint density at radius 3 is 2.86 bits per heavy atom. The zero-order valence-electron chi connectivity index (χ0n) is 12.9. The Morgan fingerprint density at radius 2 is 2.18 bits per heavy atom. The number of carbonyl (C=O) groups is 1. The molecule has 0 aromatic carbocycles. The monoisotopic (exact) mass is 339 g/mol. The van der Waals surface area contributed by atoms with Crippen LogP contribution >= 0.6 is 22.7 Å². The lowest BCUT2D eigenvalue weighted by Crippen LogP contribution is -2.46. The summed E-state index contributed by atoms with van der Waals surface area (Å²) in [5.41, 5.74) is 0. The van der Waals surface area contributed by atoms with E-state index in [1.807, 2.05) is 25.1 Å².